The summed E-state index contributed by atoms with van der Waals surface area (Å²) in [6.07, 6.45) is 2.21. The van der Waals surface area contributed by atoms with Crippen LogP contribution < -0.4 is 4.90 Å². The number of methoxy groups -OCH3 is 1. The molecule has 36 heavy (non-hydrogen) atoms. The van der Waals surface area contributed by atoms with Crippen molar-refractivity contribution in [2.24, 2.45) is 5.41 Å². The zero-order valence-electron chi connectivity index (χ0n) is 22.7. The highest BCUT2D eigenvalue weighted by atomic mass is 16.5. The molecule has 2 aromatic carbocycles. The van der Waals surface area contributed by atoms with Gasteiger partial charge < -0.3 is 9.64 Å². The molecule has 0 spiro atoms. The molecule has 0 saturated carbocycles. The molecule has 5 nitrogen and oxygen atoms in total. The van der Waals surface area contributed by atoms with Gasteiger partial charge in [-0.2, -0.15) is 0 Å². The van der Waals surface area contributed by atoms with Gasteiger partial charge in [0.1, 0.15) is 5.82 Å². The first kappa shape index (κ1) is 24.9. The molecule has 2 aliphatic rings. The van der Waals surface area contributed by atoms with Gasteiger partial charge in [0.05, 0.1) is 11.8 Å². The Hall–Kier alpha value is -2.76. The van der Waals surface area contributed by atoms with E-state index in [1.807, 2.05) is 7.11 Å². The quantitative estimate of drug-likeness (QED) is 0.436. The molecule has 5 rings (SSSR count). The second-order valence-corrected chi connectivity index (χ2v) is 11.3. The van der Waals surface area contributed by atoms with Crippen LogP contribution in [0.1, 0.15) is 61.2 Å². The zero-order chi connectivity index (χ0) is 25.4. The largest absolute Gasteiger partial charge is 0.381 e. The predicted molar refractivity (Wildman–Crippen MR) is 147 cm³/mol. The Labute approximate surface area is 216 Å². The molecule has 1 fully saturated rings. The van der Waals surface area contributed by atoms with Crippen LogP contribution in [0, 0.1) is 19.3 Å². The lowest BCUT2D eigenvalue weighted by atomic mass is 9.81. The average Bonchev–Trinajstić information content (AvgIpc) is 2.87. The highest BCUT2D eigenvalue weighted by molar-refractivity contribution is 5.67. The van der Waals surface area contributed by atoms with Gasteiger partial charge >= 0.3 is 0 Å². The monoisotopic (exact) mass is 484 g/mol. The van der Waals surface area contributed by atoms with E-state index < -0.39 is 0 Å². The molecule has 0 N–H and O–H groups in total. The number of benzene rings is 2. The fourth-order valence-electron chi connectivity index (χ4n) is 6.19. The molecule has 3 heterocycles. The van der Waals surface area contributed by atoms with Gasteiger partial charge in [-0.3, -0.25) is 4.90 Å². The molecular weight excluding hydrogens is 444 g/mol. The SMILES string of the molecule is COC1CCN(c2nc(-c3c(C)cccc3C)nc3c2CN([C@H](C)c2ccccc2)CC3)CC1(C)C. The third-order valence-corrected chi connectivity index (χ3v) is 8.32. The normalized spacial score (nSPS) is 20.7. The number of hydrogen-bond donors (Lipinski definition) is 0. The summed E-state index contributed by atoms with van der Waals surface area (Å²) in [4.78, 5) is 15.6. The van der Waals surface area contributed by atoms with E-state index in [1.165, 1.54) is 33.5 Å². The van der Waals surface area contributed by atoms with Crippen molar-refractivity contribution in [3.05, 3.63) is 76.5 Å². The lowest BCUT2D eigenvalue weighted by Gasteiger charge is -2.45. The van der Waals surface area contributed by atoms with Gasteiger partial charge in [-0.15, -0.1) is 0 Å². The molecule has 5 heteroatoms. The van der Waals surface area contributed by atoms with Crippen molar-refractivity contribution in [1.29, 1.82) is 0 Å². The van der Waals surface area contributed by atoms with E-state index in [4.69, 9.17) is 14.7 Å². The third-order valence-electron chi connectivity index (χ3n) is 8.32. The second kappa shape index (κ2) is 9.95. The van der Waals surface area contributed by atoms with Crippen molar-refractivity contribution in [2.45, 2.75) is 66.2 Å². The summed E-state index contributed by atoms with van der Waals surface area (Å²) < 4.78 is 5.86. The molecule has 2 atom stereocenters. The van der Waals surface area contributed by atoms with Crippen LogP contribution in [0.15, 0.2) is 48.5 Å². The van der Waals surface area contributed by atoms with E-state index in [0.717, 1.165) is 50.7 Å². The van der Waals surface area contributed by atoms with Gasteiger partial charge in [0.25, 0.3) is 0 Å². The van der Waals surface area contributed by atoms with Crippen molar-refractivity contribution in [3.63, 3.8) is 0 Å². The van der Waals surface area contributed by atoms with Gasteiger partial charge in [0, 0.05) is 62.3 Å². The molecule has 1 unspecified atom stereocenters. The van der Waals surface area contributed by atoms with Crippen LogP contribution >= 0.6 is 0 Å². The van der Waals surface area contributed by atoms with E-state index in [-0.39, 0.29) is 11.5 Å². The Morgan fingerprint density at radius 1 is 0.972 bits per heavy atom. The average molecular weight is 485 g/mol. The first-order valence-corrected chi connectivity index (χ1v) is 13.3. The van der Waals surface area contributed by atoms with Gasteiger partial charge in [-0.25, -0.2) is 9.97 Å². The molecule has 0 amide bonds. The molecule has 1 aromatic heterocycles. The number of fused-ring (bicyclic) bond motifs is 1. The Kier molecular flexibility index (Phi) is 6.88. The number of piperidine rings is 1. The smallest absolute Gasteiger partial charge is 0.162 e. The van der Waals surface area contributed by atoms with Crippen molar-refractivity contribution in [3.8, 4) is 11.4 Å². The standard InChI is InChI=1S/C31H40N4O/c1-21-11-10-12-22(2)28(21)29-32-26-15-17-34(23(3)24-13-8-7-9-14-24)19-25(26)30(33-29)35-18-16-27(36-6)31(4,5)20-35/h7-14,23,27H,15-20H2,1-6H3/t23-,27?/m1/s1. The van der Waals surface area contributed by atoms with Gasteiger partial charge in [-0.1, -0.05) is 62.4 Å². The fourth-order valence-corrected chi connectivity index (χ4v) is 6.19. The number of aryl methyl sites for hydroxylation is 2. The van der Waals surface area contributed by atoms with Crippen LogP contribution in [0.2, 0.25) is 0 Å². The van der Waals surface area contributed by atoms with Crippen molar-refractivity contribution in [2.75, 3.05) is 31.6 Å². The van der Waals surface area contributed by atoms with Crippen LogP contribution in [0.3, 0.4) is 0 Å². The summed E-state index contributed by atoms with van der Waals surface area (Å²) in [5.41, 5.74) is 7.55. The van der Waals surface area contributed by atoms with Gasteiger partial charge in [0.15, 0.2) is 5.82 Å². The summed E-state index contributed by atoms with van der Waals surface area (Å²) in [5.74, 6) is 1.99. The van der Waals surface area contributed by atoms with E-state index in [1.54, 1.807) is 0 Å². The lowest BCUT2D eigenvalue weighted by Crippen LogP contribution is -2.50. The fraction of sp³-hybridized carbons (Fsp3) is 0.484. The Morgan fingerprint density at radius 3 is 2.36 bits per heavy atom. The van der Waals surface area contributed by atoms with E-state index >= 15 is 0 Å². The minimum atomic E-state index is 0.0509. The second-order valence-electron chi connectivity index (χ2n) is 11.3. The Bertz CT molecular complexity index is 1200. The number of nitrogens with zero attached hydrogens (tertiary/aromatic N) is 4. The highest BCUT2D eigenvalue weighted by Gasteiger charge is 2.38. The molecule has 2 aliphatic heterocycles. The van der Waals surface area contributed by atoms with Crippen LogP contribution in [0.5, 0.6) is 0 Å². The first-order chi connectivity index (χ1) is 17.3. The molecular formula is C31H40N4O. The number of anilines is 1. The summed E-state index contributed by atoms with van der Waals surface area (Å²) in [7, 11) is 1.84. The summed E-state index contributed by atoms with van der Waals surface area (Å²) >= 11 is 0. The summed E-state index contributed by atoms with van der Waals surface area (Å²) in [6, 6.07) is 17.6. The van der Waals surface area contributed by atoms with Crippen molar-refractivity contribution >= 4 is 5.82 Å². The minimum Gasteiger partial charge on any atom is -0.381 e. The maximum absolute atomic E-state index is 5.86. The van der Waals surface area contributed by atoms with E-state index in [9.17, 15) is 0 Å². The maximum Gasteiger partial charge on any atom is 0.162 e. The Balaban J connectivity index is 1.57. The van der Waals surface area contributed by atoms with Crippen LogP contribution in [-0.2, 0) is 17.7 Å². The molecule has 190 valence electrons. The van der Waals surface area contributed by atoms with E-state index in [0.29, 0.717) is 6.04 Å². The maximum atomic E-state index is 5.86. The Morgan fingerprint density at radius 2 is 1.69 bits per heavy atom. The van der Waals surface area contributed by atoms with Crippen LogP contribution in [0.25, 0.3) is 11.4 Å². The zero-order valence-corrected chi connectivity index (χ0v) is 22.7. The molecule has 3 aromatic rings. The summed E-state index contributed by atoms with van der Waals surface area (Å²) in [6.45, 7) is 15.0. The molecule has 0 bridgehead atoms. The van der Waals surface area contributed by atoms with Crippen LogP contribution in [-0.4, -0.2) is 47.7 Å². The van der Waals surface area contributed by atoms with E-state index in [2.05, 4.69) is 92.9 Å². The predicted octanol–water partition coefficient (Wildman–Crippen LogP) is 6.13. The highest BCUT2D eigenvalue weighted by Crippen LogP contribution is 2.38. The van der Waals surface area contributed by atoms with Crippen molar-refractivity contribution < 1.29 is 4.74 Å². The molecule has 0 radical (unpaired) electrons. The number of ether oxygens (including phenoxy) is 1. The molecule has 0 aliphatic carbocycles. The van der Waals surface area contributed by atoms with Gasteiger partial charge in [0.2, 0.25) is 0 Å². The number of hydrogen-bond acceptors (Lipinski definition) is 5. The first-order valence-electron chi connectivity index (χ1n) is 13.3. The third kappa shape index (κ3) is 4.67. The van der Waals surface area contributed by atoms with Crippen molar-refractivity contribution in [1.82, 2.24) is 14.9 Å². The number of rotatable bonds is 5. The van der Waals surface area contributed by atoms with Gasteiger partial charge in [-0.05, 0) is 43.9 Å². The minimum absolute atomic E-state index is 0.0509. The lowest BCUT2D eigenvalue weighted by molar-refractivity contribution is -0.00651. The topological polar surface area (TPSA) is 41.5 Å². The summed E-state index contributed by atoms with van der Waals surface area (Å²) in [5, 5.41) is 0. The molecule has 1 saturated heterocycles. The van der Waals surface area contributed by atoms with Crippen LogP contribution in [0.4, 0.5) is 5.82 Å². The number of aromatic nitrogens is 2.